The zero-order chi connectivity index (χ0) is 15.7. The van der Waals surface area contributed by atoms with Gasteiger partial charge in [-0.15, -0.1) is 0 Å². The Morgan fingerprint density at radius 3 is 2.71 bits per heavy atom. The molecule has 7 heteroatoms. The van der Waals surface area contributed by atoms with Crippen molar-refractivity contribution in [2.75, 3.05) is 18.6 Å². The van der Waals surface area contributed by atoms with E-state index >= 15 is 0 Å². The molecule has 0 atom stereocenters. The summed E-state index contributed by atoms with van der Waals surface area (Å²) in [6.07, 6.45) is 6.10. The van der Waals surface area contributed by atoms with Crippen molar-refractivity contribution in [1.82, 2.24) is 5.32 Å². The molecule has 0 saturated heterocycles. The first kappa shape index (κ1) is 17.4. The number of carbonyl (C=O) groups is 1. The number of nitro groups is 1. The maximum Gasteiger partial charge on any atom is 0.282 e. The molecular weight excluding hydrogens is 295 g/mol. The van der Waals surface area contributed by atoms with Crippen molar-refractivity contribution in [3.8, 4) is 0 Å². The van der Waals surface area contributed by atoms with Crippen LogP contribution in [0.4, 0.5) is 10.1 Å². The first-order valence-electron chi connectivity index (χ1n) is 6.77. The van der Waals surface area contributed by atoms with Gasteiger partial charge in [0.05, 0.1) is 4.92 Å². The van der Waals surface area contributed by atoms with Crippen LogP contribution in [0.3, 0.4) is 0 Å². The summed E-state index contributed by atoms with van der Waals surface area (Å²) in [5, 5.41) is 13.4. The molecule has 0 aromatic heterocycles. The van der Waals surface area contributed by atoms with E-state index in [2.05, 4.69) is 11.6 Å². The summed E-state index contributed by atoms with van der Waals surface area (Å²) in [5.41, 5.74) is -0.615. The third-order valence-electron chi connectivity index (χ3n) is 2.96. The Bertz CT molecular complexity index is 497. The molecular formula is C14H19FN2O3S. The van der Waals surface area contributed by atoms with Gasteiger partial charge in [0.2, 0.25) is 0 Å². The van der Waals surface area contributed by atoms with Gasteiger partial charge in [-0.1, -0.05) is 12.8 Å². The van der Waals surface area contributed by atoms with Crippen LogP contribution in [-0.2, 0) is 0 Å². The minimum atomic E-state index is -0.684. The number of nitrogens with zero attached hydrogens (tertiary/aromatic N) is 1. The molecule has 5 nitrogen and oxygen atoms in total. The molecule has 116 valence electrons. The van der Waals surface area contributed by atoms with Gasteiger partial charge < -0.3 is 5.32 Å². The van der Waals surface area contributed by atoms with Gasteiger partial charge in [-0.3, -0.25) is 14.9 Å². The minimum Gasteiger partial charge on any atom is -0.352 e. The molecule has 0 unspecified atom stereocenters. The third kappa shape index (κ3) is 6.12. The maximum atomic E-state index is 13.1. The summed E-state index contributed by atoms with van der Waals surface area (Å²) in [4.78, 5) is 22.0. The number of halogens is 1. The molecule has 0 spiro atoms. The predicted molar refractivity (Wildman–Crippen MR) is 82.2 cm³/mol. The fourth-order valence-corrected chi connectivity index (χ4v) is 2.36. The van der Waals surface area contributed by atoms with Crippen molar-refractivity contribution in [2.45, 2.75) is 25.7 Å². The van der Waals surface area contributed by atoms with Crippen molar-refractivity contribution in [2.24, 2.45) is 0 Å². The summed E-state index contributed by atoms with van der Waals surface area (Å²) < 4.78 is 13.1. The van der Waals surface area contributed by atoms with Crippen LogP contribution in [0, 0.1) is 15.9 Å². The molecule has 0 radical (unpaired) electrons. The van der Waals surface area contributed by atoms with Crippen molar-refractivity contribution in [3.63, 3.8) is 0 Å². The summed E-state index contributed by atoms with van der Waals surface area (Å²) >= 11 is 1.80. The van der Waals surface area contributed by atoms with Gasteiger partial charge >= 0.3 is 0 Å². The molecule has 0 heterocycles. The summed E-state index contributed by atoms with van der Waals surface area (Å²) in [6, 6.07) is 2.87. The number of nitro benzene ring substituents is 1. The SMILES string of the molecule is CSCCCCCCNC(=O)c1cc(F)ccc1[N+](=O)[O-]. The highest BCUT2D eigenvalue weighted by Crippen LogP contribution is 2.19. The quantitative estimate of drug-likeness (QED) is 0.431. The number of carbonyl (C=O) groups excluding carboxylic acids is 1. The van der Waals surface area contributed by atoms with Gasteiger partial charge in [-0.05, 0) is 37.0 Å². The number of thioether (sulfide) groups is 1. The number of nitrogens with one attached hydrogen (secondary N) is 1. The fourth-order valence-electron chi connectivity index (χ4n) is 1.87. The predicted octanol–water partition coefficient (Wildman–Crippen LogP) is 3.39. The van der Waals surface area contributed by atoms with Gasteiger partial charge in [0.25, 0.3) is 11.6 Å². The molecule has 21 heavy (non-hydrogen) atoms. The molecule has 0 aliphatic rings. The van der Waals surface area contributed by atoms with Crippen molar-refractivity contribution < 1.29 is 14.1 Å². The fraction of sp³-hybridized carbons (Fsp3) is 0.500. The molecule has 0 bridgehead atoms. The Labute approximate surface area is 127 Å². The average molecular weight is 314 g/mol. The van der Waals surface area contributed by atoms with Gasteiger partial charge in [0.1, 0.15) is 11.4 Å². The third-order valence-corrected chi connectivity index (χ3v) is 3.66. The number of amides is 1. The Morgan fingerprint density at radius 2 is 2.05 bits per heavy atom. The topological polar surface area (TPSA) is 72.2 Å². The lowest BCUT2D eigenvalue weighted by Crippen LogP contribution is -2.25. The first-order valence-corrected chi connectivity index (χ1v) is 8.16. The first-order chi connectivity index (χ1) is 10.1. The van der Waals surface area contributed by atoms with Crippen LogP contribution in [0.2, 0.25) is 0 Å². The maximum absolute atomic E-state index is 13.1. The van der Waals surface area contributed by atoms with Gasteiger partial charge in [0.15, 0.2) is 0 Å². The van der Waals surface area contributed by atoms with Crippen LogP contribution in [0.1, 0.15) is 36.0 Å². The molecule has 0 aliphatic carbocycles. The van der Waals surface area contributed by atoms with E-state index in [-0.39, 0.29) is 11.3 Å². The van der Waals surface area contributed by atoms with Crippen LogP contribution < -0.4 is 5.32 Å². The van der Waals surface area contributed by atoms with Crippen molar-refractivity contribution >= 4 is 23.4 Å². The van der Waals surface area contributed by atoms with E-state index in [0.717, 1.165) is 49.6 Å². The standard InChI is InChI=1S/C14H19FN2O3S/c1-21-9-5-3-2-4-8-16-14(18)12-10-11(15)6-7-13(12)17(19)20/h6-7,10H,2-5,8-9H2,1H3,(H,16,18). The van der Waals surface area contributed by atoms with Crippen molar-refractivity contribution in [3.05, 3.63) is 39.7 Å². The lowest BCUT2D eigenvalue weighted by molar-refractivity contribution is -0.385. The second-order valence-corrected chi connectivity index (χ2v) is 5.57. The molecule has 1 N–H and O–H groups in total. The average Bonchev–Trinajstić information content (AvgIpc) is 2.45. The van der Waals surface area contributed by atoms with E-state index in [9.17, 15) is 19.3 Å². The molecule has 1 amide bonds. The van der Waals surface area contributed by atoms with E-state index in [1.807, 2.05) is 0 Å². The normalized spacial score (nSPS) is 10.4. The number of unbranched alkanes of at least 4 members (excludes halogenated alkanes) is 3. The van der Waals surface area contributed by atoms with Crippen molar-refractivity contribution in [1.29, 1.82) is 0 Å². The lowest BCUT2D eigenvalue weighted by Gasteiger charge is -2.06. The highest BCUT2D eigenvalue weighted by atomic mass is 32.2. The number of hydrogen-bond acceptors (Lipinski definition) is 4. The van der Waals surface area contributed by atoms with Gasteiger partial charge in [0, 0.05) is 12.6 Å². The van der Waals surface area contributed by atoms with E-state index in [1.54, 1.807) is 11.8 Å². The zero-order valence-corrected chi connectivity index (χ0v) is 12.7. The summed E-state index contributed by atoms with van der Waals surface area (Å²) in [7, 11) is 0. The molecule has 1 aromatic rings. The molecule has 1 rings (SSSR count). The summed E-state index contributed by atoms with van der Waals surface area (Å²) in [6.45, 7) is 0.436. The molecule has 0 saturated carbocycles. The second kappa shape index (κ2) is 9.33. The number of hydrogen-bond donors (Lipinski definition) is 1. The van der Waals surface area contributed by atoms with Crippen LogP contribution >= 0.6 is 11.8 Å². The van der Waals surface area contributed by atoms with E-state index in [0.29, 0.717) is 6.54 Å². The summed E-state index contributed by atoms with van der Waals surface area (Å²) in [5.74, 6) is -0.143. The van der Waals surface area contributed by atoms with Crippen LogP contribution in [0.25, 0.3) is 0 Å². The highest BCUT2D eigenvalue weighted by molar-refractivity contribution is 7.98. The van der Waals surface area contributed by atoms with E-state index in [1.165, 1.54) is 0 Å². The molecule has 0 aliphatic heterocycles. The molecule has 0 fully saturated rings. The van der Waals surface area contributed by atoms with Crippen LogP contribution in [-0.4, -0.2) is 29.4 Å². The van der Waals surface area contributed by atoms with Gasteiger partial charge in [-0.2, -0.15) is 11.8 Å². The minimum absolute atomic E-state index is 0.234. The Kier molecular flexibility index (Phi) is 7.74. The Morgan fingerprint density at radius 1 is 1.33 bits per heavy atom. The molecule has 1 aromatic carbocycles. The van der Waals surface area contributed by atoms with Crippen LogP contribution in [0.15, 0.2) is 18.2 Å². The largest absolute Gasteiger partial charge is 0.352 e. The lowest BCUT2D eigenvalue weighted by atomic mass is 10.1. The highest BCUT2D eigenvalue weighted by Gasteiger charge is 2.20. The number of rotatable bonds is 9. The Balaban J connectivity index is 2.45. The van der Waals surface area contributed by atoms with Gasteiger partial charge in [-0.25, -0.2) is 4.39 Å². The van der Waals surface area contributed by atoms with E-state index < -0.39 is 16.6 Å². The Hall–Kier alpha value is -1.63. The van der Waals surface area contributed by atoms with E-state index in [4.69, 9.17) is 0 Å². The zero-order valence-electron chi connectivity index (χ0n) is 11.9. The monoisotopic (exact) mass is 314 g/mol. The van der Waals surface area contributed by atoms with Crippen LogP contribution in [0.5, 0.6) is 0 Å². The smallest absolute Gasteiger partial charge is 0.282 e. The second-order valence-electron chi connectivity index (χ2n) is 4.58. The number of benzene rings is 1.